The van der Waals surface area contributed by atoms with Gasteiger partial charge < -0.3 is 4.90 Å². The zero-order valence-corrected chi connectivity index (χ0v) is 20.7. The third-order valence-electron chi connectivity index (χ3n) is 6.29. The van der Waals surface area contributed by atoms with E-state index in [0.717, 1.165) is 41.4 Å². The molecule has 1 N–H and O–H groups in total. The normalized spacial score (nSPS) is 16.7. The number of anilines is 1. The summed E-state index contributed by atoms with van der Waals surface area (Å²) in [5, 5.41) is 0. The van der Waals surface area contributed by atoms with E-state index in [2.05, 4.69) is 28.7 Å². The average molecular weight is 474 g/mol. The molecule has 0 amide bonds. The monoisotopic (exact) mass is 473 g/mol. The van der Waals surface area contributed by atoms with Gasteiger partial charge in [0.15, 0.2) is 0 Å². The molecule has 0 unspecified atom stereocenters. The number of sulfonamides is 1. The molecule has 2 heterocycles. The Morgan fingerprint density at radius 2 is 1.69 bits per heavy atom. The molecule has 0 saturated carbocycles. The van der Waals surface area contributed by atoms with E-state index < -0.39 is 10.0 Å². The molecular formula is C24H31N3O3S2. The summed E-state index contributed by atoms with van der Waals surface area (Å²) in [7, 11) is -3.72. The highest BCUT2D eigenvalue weighted by Crippen LogP contribution is 2.27. The highest BCUT2D eigenvalue weighted by Gasteiger charge is 2.21. The second-order valence-corrected chi connectivity index (χ2v) is 11.8. The zero-order valence-electron chi connectivity index (χ0n) is 19.0. The van der Waals surface area contributed by atoms with Crippen molar-refractivity contribution in [2.45, 2.75) is 57.5 Å². The number of fused-ring (bicyclic) bond motifs is 1. The van der Waals surface area contributed by atoms with Crippen LogP contribution in [0, 0.1) is 5.92 Å². The molecule has 4 rings (SSSR count). The summed E-state index contributed by atoms with van der Waals surface area (Å²) in [6.07, 6.45) is 2.41. The quantitative estimate of drug-likeness (QED) is 0.552. The molecule has 1 fully saturated rings. The van der Waals surface area contributed by atoms with Crippen LogP contribution in [0.4, 0.5) is 5.69 Å². The van der Waals surface area contributed by atoms with Crippen LogP contribution < -0.4 is 14.5 Å². The molecule has 1 aliphatic rings. The van der Waals surface area contributed by atoms with Crippen LogP contribution in [-0.4, -0.2) is 26.1 Å². The van der Waals surface area contributed by atoms with E-state index in [0.29, 0.717) is 4.70 Å². The SMILES string of the molecule is CC1CCN(c2ccc([C@@H](C)NS(=O)(=O)c3ccc4c(c3)sc(=O)n4C(C)C)cc2)CC1. The molecule has 1 aromatic heterocycles. The summed E-state index contributed by atoms with van der Waals surface area (Å²) in [6.45, 7) is 10.2. The van der Waals surface area contributed by atoms with Gasteiger partial charge in [0.1, 0.15) is 0 Å². The van der Waals surface area contributed by atoms with E-state index in [1.54, 1.807) is 22.8 Å². The van der Waals surface area contributed by atoms with Gasteiger partial charge in [-0.2, -0.15) is 0 Å². The lowest BCUT2D eigenvalue weighted by atomic mass is 9.98. The minimum atomic E-state index is -3.72. The van der Waals surface area contributed by atoms with E-state index in [4.69, 9.17) is 0 Å². The van der Waals surface area contributed by atoms with Crippen molar-refractivity contribution in [1.82, 2.24) is 9.29 Å². The number of hydrogen-bond acceptors (Lipinski definition) is 5. The Labute approximate surface area is 193 Å². The Morgan fingerprint density at radius 3 is 2.31 bits per heavy atom. The molecule has 3 aromatic rings. The topological polar surface area (TPSA) is 71.4 Å². The predicted molar refractivity (Wildman–Crippen MR) is 132 cm³/mol. The Morgan fingerprint density at radius 1 is 1.03 bits per heavy atom. The number of aromatic nitrogens is 1. The van der Waals surface area contributed by atoms with Crippen LogP contribution in [0.5, 0.6) is 0 Å². The molecule has 1 atom stereocenters. The molecule has 6 nitrogen and oxygen atoms in total. The largest absolute Gasteiger partial charge is 0.372 e. The fraction of sp³-hybridized carbons (Fsp3) is 0.458. The lowest BCUT2D eigenvalue weighted by molar-refractivity contribution is 0.438. The van der Waals surface area contributed by atoms with Gasteiger partial charge in [-0.05, 0) is 75.4 Å². The molecule has 32 heavy (non-hydrogen) atoms. The van der Waals surface area contributed by atoms with Gasteiger partial charge in [-0.15, -0.1) is 0 Å². The summed E-state index contributed by atoms with van der Waals surface area (Å²) in [4.78, 5) is 14.8. The lowest BCUT2D eigenvalue weighted by Gasteiger charge is -2.32. The maximum absolute atomic E-state index is 13.0. The van der Waals surface area contributed by atoms with E-state index in [1.807, 2.05) is 32.9 Å². The van der Waals surface area contributed by atoms with Crippen LogP contribution in [0.3, 0.4) is 0 Å². The minimum Gasteiger partial charge on any atom is -0.372 e. The third-order valence-corrected chi connectivity index (χ3v) is 8.74. The first-order chi connectivity index (χ1) is 15.2. The molecule has 0 aliphatic carbocycles. The zero-order chi connectivity index (χ0) is 23.0. The number of nitrogens with one attached hydrogen (secondary N) is 1. The number of piperidine rings is 1. The predicted octanol–water partition coefficient (Wildman–Crippen LogP) is 4.92. The van der Waals surface area contributed by atoms with Gasteiger partial charge in [-0.3, -0.25) is 9.36 Å². The summed E-state index contributed by atoms with van der Waals surface area (Å²) in [5.41, 5.74) is 2.87. The summed E-state index contributed by atoms with van der Waals surface area (Å²) >= 11 is 1.08. The van der Waals surface area contributed by atoms with Crippen molar-refractivity contribution in [1.29, 1.82) is 0 Å². The van der Waals surface area contributed by atoms with E-state index in [1.165, 1.54) is 18.5 Å². The van der Waals surface area contributed by atoms with E-state index >= 15 is 0 Å². The van der Waals surface area contributed by atoms with Crippen molar-refractivity contribution < 1.29 is 8.42 Å². The van der Waals surface area contributed by atoms with Crippen LogP contribution in [0.1, 0.15) is 58.2 Å². The third kappa shape index (κ3) is 4.63. The molecule has 2 aromatic carbocycles. The molecule has 1 saturated heterocycles. The van der Waals surface area contributed by atoms with Crippen LogP contribution in [0.15, 0.2) is 52.2 Å². The molecular weight excluding hydrogens is 442 g/mol. The number of rotatable bonds is 6. The fourth-order valence-electron chi connectivity index (χ4n) is 4.28. The number of hydrogen-bond donors (Lipinski definition) is 1. The van der Waals surface area contributed by atoms with Crippen molar-refractivity contribution in [3.05, 3.63) is 57.7 Å². The summed E-state index contributed by atoms with van der Waals surface area (Å²) in [5.74, 6) is 0.782. The van der Waals surface area contributed by atoms with Gasteiger partial charge in [0.2, 0.25) is 10.0 Å². The standard InChI is InChI=1S/C24H31N3O3S2/c1-16(2)27-22-10-9-21(15-23(22)31-24(27)28)32(29,30)25-18(4)19-5-7-20(8-6-19)26-13-11-17(3)12-14-26/h5-10,15-18,25H,11-14H2,1-4H3/t18-/m1/s1. The maximum atomic E-state index is 13.0. The van der Waals surface area contributed by atoms with Gasteiger partial charge in [0.05, 0.1) is 15.1 Å². The molecule has 0 radical (unpaired) electrons. The van der Waals surface area contributed by atoms with Gasteiger partial charge >= 0.3 is 4.87 Å². The van der Waals surface area contributed by atoms with E-state index in [9.17, 15) is 13.2 Å². The Balaban J connectivity index is 1.51. The van der Waals surface area contributed by atoms with Crippen LogP contribution in [-0.2, 0) is 10.0 Å². The molecule has 1 aliphatic heterocycles. The second-order valence-electron chi connectivity index (χ2n) is 9.07. The highest BCUT2D eigenvalue weighted by molar-refractivity contribution is 7.89. The molecule has 0 bridgehead atoms. The number of benzene rings is 2. The van der Waals surface area contributed by atoms with Crippen molar-refractivity contribution in [3.8, 4) is 0 Å². The first-order valence-corrected chi connectivity index (χ1v) is 13.5. The first kappa shape index (κ1) is 23.0. The second kappa shape index (κ2) is 9.00. The number of nitrogens with zero attached hydrogens (tertiary/aromatic N) is 2. The van der Waals surface area contributed by atoms with Gasteiger partial charge in [-0.25, -0.2) is 13.1 Å². The molecule has 0 spiro atoms. The van der Waals surface area contributed by atoms with E-state index in [-0.39, 0.29) is 21.9 Å². The molecule has 8 heteroatoms. The molecule has 172 valence electrons. The Hall–Kier alpha value is -2.16. The van der Waals surface area contributed by atoms with Crippen molar-refractivity contribution in [2.75, 3.05) is 18.0 Å². The van der Waals surface area contributed by atoms with Gasteiger partial charge in [-0.1, -0.05) is 30.4 Å². The van der Waals surface area contributed by atoms with Gasteiger partial charge in [0, 0.05) is 30.9 Å². The Kier molecular flexibility index (Phi) is 6.47. The average Bonchev–Trinajstić information content (AvgIpc) is 3.09. The lowest BCUT2D eigenvalue weighted by Crippen LogP contribution is -2.32. The highest BCUT2D eigenvalue weighted by atomic mass is 32.2. The number of thiazole rings is 1. The summed E-state index contributed by atoms with van der Waals surface area (Å²) < 4.78 is 31.2. The van der Waals surface area contributed by atoms with Crippen LogP contribution in [0.25, 0.3) is 10.2 Å². The van der Waals surface area contributed by atoms with Crippen molar-refractivity contribution in [3.63, 3.8) is 0 Å². The first-order valence-electron chi connectivity index (χ1n) is 11.2. The summed E-state index contributed by atoms with van der Waals surface area (Å²) in [6, 6.07) is 12.7. The maximum Gasteiger partial charge on any atom is 0.308 e. The fourth-order valence-corrected chi connectivity index (χ4v) is 6.67. The van der Waals surface area contributed by atoms with Crippen molar-refractivity contribution in [2.24, 2.45) is 5.92 Å². The Bertz CT molecular complexity index is 1250. The van der Waals surface area contributed by atoms with Crippen molar-refractivity contribution >= 4 is 37.3 Å². The minimum absolute atomic E-state index is 0.0214. The van der Waals surface area contributed by atoms with Crippen LogP contribution in [0.2, 0.25) is 0 Å². The smallest absolute Gasteiger partial charge is 0.308 e. The van der Waals surface area contributed by atoms with Gasteiger partial charge in [0.25, 0.3) is 0 Å². The van der Waals surface area contributed by atoms with Crippen LogP contribution >= 0.6 is 11.3 Å².